The summed E-state index contributed by atoms with van der Waals surface area (Å²) >= 11 is 0. The van der Waals surface area contributed by atoms with Gasteiger partial charge in [0.1, 0.15) is 6.54 Å². The normalized spacial score (nSPS) is 24.0. The largest absolute Gasteiger partial charge is 0.351 e. The summed E-state index contributed by atoms with van der Waals surface area (Å²) in [7, 11) is -3.70. The molecule has 0 radical (unpaired) electrons. The van der Waals surface area contributed by atoms with Crippen LogP contribution in [0.25, 0.3) is 10.8 Å². The highest BCUT2D eigenvalue weighted by molar-refractivity contribution is 7.93. The minimum atomic E-state index is -3.70. The van der Waals surface area contributed by atoms with Crippen molar-refractivity contribution >= 4 is 32.4 Å². The van der Waals surface area contributed by atoms with Crippen molar-refractivity contribution in [2.45, 2.75) is 30.2 Å². The van der Waals surface area contributed by atoms with E-state index in [9.17, 15) is 13.2 Å². The first kappa shape index (κ1) is 16.4. The standard InChI is InChI=1S/C18H21N3O3S/c19-10-13-6-1-7-14(13)20-17(22)11-21-15-8-2-4-12-5-3-9-16(18(12)15)25(21,23)24/h2-5,8-9,13-14H,1,6-7,10-11,19H2,(H,20,22). The number of nitrogens with one attached hydrogen (secondary N) is 1. The lowest BCUT2D eigenvalue weighted by atomic mass is 10.0. The van der Waals surface area contributed by atoms with E-state index in [1.807, 2.05) is 18.2 Å². The Bertz CT molecular complexity index is 936. The molecular weight excluding hydrogens is 338 g/mol. The Morgan fingerprint density at radius 3 is 2.72 bits per heavy atom. The van der Waals surface area contributed by atoms with E-state index in [4.69, 9.17) is 5.73 Å². The monoisotopic (exact) mass is 359 g/mol. The molecule has 0 aromatic heterocycles. The Hall–Kier alpha value is -2.12. The first-order valence-electron chi connectivity index (χ1n) is 8.56. The van der Waals surface area contributed by atoms with E-state index in [2.05, 4.69) is 5.32 Å². The molecule has 0 saturated heterocycles. The van der Waals surface area contributed by atoms with Crippen LogP contribution < -0.4 is 15.4 Å². The first-order chi connectivity index (χ1) is 12.0. The Morgan fingerprint density at radius 1 is 1.20 bits per heavy atom. The quantitative estimate of drug-likeness (QED) is 0.867. The van der Waals surface area contributed by atoms with E-state index in [1.165, 1.54) is 4.31 Å². The van der Waals surface area contributed by atoms with Crippen molar-refractivity contribution in [3.05, 3.63) is 36.4 Å². The number of hydrogen-bond acceptors (Lipinski definition) is 4. The third-order valence-corrected chi connectivity index (χ3v) is 7.08. The molecule has 25 heavy (non-hydrogen) atoms. The maximum atomic E-state index is 12.9. The number of amides is 1. The molecule has 2 aliphatic rings. The molecule has 1 saturated carbocycles. The Kier molecular flexibility index (Phi) is 3.92. The second kappa shape index (κ2) is 6.00. The van der Waals surface area contributed by atoms with Crippen LogP contribution in [0.2, 0.25) is 0 Å². The zero-order valence-electron chi connectivity index (χ0n) is 13.8. The average molecular weight is 359 g/mol. The van der Waals surface area contributed by atoms with E-state index in [-0.39, 0.29) is 29.3 Å². The molecule has 2 aromatic carbocycles. The van der Waals surface area contributed by atoms with Crippen molar-refractivity contribution < 1.29 is 13.2 Å². The van der Waals surface area contributed by atoms with Gasteiger partial charge < -0.3 is 11.1 Å². The zero-order chi connectivity index (χ0) is 17.6. The fourth-order valence-electron chi connectivity index (χ4n) is 4.02. The van der Waals surface area contributed by atoms with Gasteiger partial charge in [-0.1, -0.05) is 30.7 Å². The zero-order valence-corrected chi connectivity index (χ0v) is 14.6. The van der Waals surface area contributed by atoms with Gasteiger partial charge in [0.15, 0.2) is 0 Å². The smallest absolute Gasteiger partial charge is 0.265 e. The molecule has 1 aliphatic carbocycles. The third kappa shape index (κ3) is 2.58. The fourth-order valence-corrected chi connectivity index (χ4v) is 5.69. The van der Waals surface area contributed by atoms with Crippen LogP contribution in [0, 0.1) is 5.92 Å². The number of nitrogens with zero attached hydrogens (tertiary/aromatic N) is 1. The van der Waals surface area contributed by atoms with Crippen LogP contribution in [-0.2, 0) is 14.8 Å². The summed E-state index contributed by atoms with van der Waals surface area (Å²) in [5.74, 6) is -0.00139. The Morgan fingerprint density at radius 2 is 1.96 bits per heavy atom. The van der Waals surface area contributed by atoms with Crippen molar-refractivity contribution in [3.8, 4) is 0 Å². The summed E-state index contributed by atoms with van der Waals surface area (Å²) in [4.78, 5) is 12.8. The summed E-state index contributed by atoms with van der Waals surface area (Å²) in [6.07, 6.45) is 2.95. The summed E-state index contributed by atoms with van der Waals surface area (Å²) in [5.41, 5.74) is 6.33. The number of nitrogens with two attached hydrogens (primary N) is 1. The molecule has 3 N–H and O–H groups in total. The molecule has 1 aliphatic heterocycles. The SMILES string of the molecule is NCC1CCCC1NC(=O)CN1c2cccc3cccc(c23)S1(=O)=O. The van der Waals surface area contributed by atoms with E-state index in [0.29, 0.717) is 17.6 Å². The number of carbonyl (C=O) groups excluding carboxylic acids is 1. The molecule has 2 atom stereocenters. The lowest BCUT2D eigenvalue weighted by Crippen LogP contribution is -2.45. The minimum absolute atomic E-state index is 0.0426. The van der Waals surface area contributed by atoms with Gasteiger partial charge in [-0.3, -0.25) is 9.10 Å². The number of benzene rings is 2. The molecule has 0 bridgehead atoms. The van der Waals surface area contributed by atoms with Gasteiger partial charge in [-0.2, -0.15) is 0 Å². The predicted molar refractivity (Wildman–Crippen MR) is 96.8 cm³/mol. The van der Waals surface area contributed by atoms with Crippen LogP contribution in [0.15, 0.2) is 41.3 Å². The molecule has 0 spiro atoms. The van der Waals surface area contributed by atoms with Crippen molar-refractivity contribution in [3.63, 3.8) is 0 Å². The van der Waals surface area contributed by atoms with Gasteiger partial charge in [0, 0.05) is 11.4 Å². The molecule has 2 unspecified atom stereocenters. The highest BCUT2D eigenvalue weighted by Gasteiger charge is 2.37. The summed E-state index contributed by atoms with van der Waals surface area (Å²) in [6, 6.07) is 10.7. The molecule has 7 heteroatoms. The Labute approximate surface area is 147 Å². The molecule has 6 nitrogen and oxygen atoms in total. The maximum Gasteiger partial charge on any atom is 0.265 e. The highest BCUT2D eigenvalue weighted by Crippen LogP contribution is 2.41. The number of sulfonamides is 1. The Balaban J connectivity index is 1.61. The topological polar surface area (TPSA) is 92.5 Å². The number of rotatable bonds is 4. The van der Waals surface area contributed by atoms with Crippen LogP contribution in [0.5, 0.6) is 0 Å². The van der Waals surface area contributed by atoms with Crippen molar-refractivity contribution in [1.29, 1.82) is 0 Å². The van der Waals surface area contributed by atoms with Gasteiger partial charge in [-0.25, -0.2) is 8.42 Å². The molecule has 1 amide bonds. The number of anilines is 1. The highest BCUT2D eigenvalue weighted by atomic mass is 32.2. The van der Waals surface area contributed by atoms with E-state index < -0.39 is 10.0 Å². The summed E-state index contributed by atoms with van der Waals surface area (Å²) < 4.78 is 27.0. The lowest BCUT2D eigenvalue weighted by molar-refractivity contribution is -0.120. The molecule has 2 aromatic rings. The van der Waals surface area contributed by atoms with Gasteiger partial charge in [-0.15, -0.1) is 0 Å². The van der Waals surface area contributed by atoms with Gasteiger partial charge in [0.25, 0.3) is 10.0 Å². The summed E-state index contributed by atoms with van der Waals surface area (Å²) in [6.45, 7) is 0.335. The van der Waals surface area contributed by atoms with Crippen LogP contribution in [0.4, 0.5) is 5.69 Å². The van der Waals surface area contributed by atoms with Gasteiger partial charge in [0.05, 0.1) is 10.6 Å². The average Bonchev–Trinajstić information content (AvgIpc) is 3.13. The van der Waals surface area contributed by atoms with Crippen LogP contribution in [-0.4, -0.2) is 33.5 Å². The molecule has 4 rings (SSSR count). The van der Waals surface area contributed by atoms with Crippen LogP contribution in [0.3, 0.4) is 0 Å². The van der Waals surface area contributed by atoms with Gasteiger partial charge in [-0.05, 0) is 42.8 Å². The van der Waals surface area contributed by atoms with Crippen molar-refractivity contribution in [2.75, 3.05) is 17.4 Å². The molecular formula is C18H21N3O3S. The van der Waals surface area contributed by atoms with E-state index >= 15 is 0 Å². The minimum Gasteiger partial charge on any atom is -0.351 e. The van der Waals surface area contributed by atoms with Crippen molar-refractivity contribution in [1.82, 2.24) is 5.32 Å². The van der Waals surface area contributed by atoms with Crippen LogP contribution in [0.1, 0.15) is 19.3 Å². The van der Waals surface area contributed by atoms with E-state index in [1.54, 1.807) is 18.2 Å². The number of hydrogen-bond donors (Lipinski definition) is 2. The number of carbonyl (C=O) groups is 1. The molecule has 132 valence electrons. The maximum absolute atomic E-state index is 12.9. The second-order valence-corrected chi connectivity index (χ2v) is 8.57. The predicted octanol–water partition coefficient (Wildman–Crippen LogP) is 1.59. The first-order valence-corrected chi connectivity index (χ1v) is 10.0. The molecule has 1 fully saturated rings. The van der Waals surface area contributed by atoms with Gasteiger partial charge >= 0.3 is 0 Å². The lowest BCUT2D eigenvalue weighted by Gasteiger charge is -2.23. The molecule has 1 heterocycles. The van der Waals surface area contributed by atoms with E-state index in [0.717, 1.165) is 24.6 Å². The second-order valence-electron chi connectivity index (χ2n) is 6.74. The van der Waals surface area contributed by atoms with Crippen LogP contribution >= 0.6 is 0 Å². The van der Waals surface area contributed by atoms with Gasteiger partial charge in [0.2, 0.25) is 5.91 Å². The fraction of sp³-hybridized carbons (Fsp3) is 0.389. The third-order valence-electron chi connectivity index (χ3n) is 5.28. The van der Waals surface area contributed by atoms with Crippen molar-refractivity contribution in [2.24, 2.45) is 11.7 Å². The summed E-state index contributed by atoms with van der Waals surface area (Å²) in [5, 5.41) is 4.53.